The van der Waals surface area contributed by atoms with Crippen molar-refractivity contribution in [1.29, 1.82) is 0 Å². The van der Waals surface area contributed by atoms with E-state index < -0.39 is 40.4 Å². The Bertz CT molecular complexity index is 2130. The van der Waals surface area contributed by atoms with Crippen molar-refractivity contribution in [3.8, 4) is 0 Å². The number of carboxylic acid groups (broad SMARTS) is 1. The van der Waals surface area contributed by atoms with Crippen molar-refractivity contribution < 1.29 is 24.3 Å². The molecule has 9 heteroatoms. The zero-order valence-electron chi connectivity index (χ0n) is 25.4. The van der Waals surface area contributed by atoms with Crippen LogP contribution in [0.15, 0.2) is 127 Å². The molecular weight excluding hydrogens is 681 g/mol. The minimum absolute atomic E-state index is 0.0413. The Morgan fingerprint density at radius 3 is 1.43 bits per heavy atom. The molecule has 6 nitrogen and oxygen atoms in total. The molecule has 1 saturated heterocycles. The van der Waals surface area contributed by atoms with Crippen LogP contribution in [-0.2, 0) is 25.2 Å². The number of hydrogen-bond donors (Lipinski definition) is 1. The van der Waals surface area contributed by atoms with Crippen LogP contribution in [0.1, 0.15) is 32.6 Å². The molecule has 5 aromatic rings. The van der Waals surface area contributed by atoms with Gasteiger partial charge in [0.15, 0.2) is 5.78 Å². The number of carbonyl (C=O) groups excluding carboxylic acids is 3. The molecule has 0 radical (unpaired) electrons. The fraction of sp³-hybridized carbons (Fsp3) is 0.100. The number of hydrogen-bond acceptors (Lipinski definition) is 4. The second kappa shape index (κ2) is 11.3. The van der Waals surface area contributed by atoms with E-state index in [1.807, 2.05) is 60.7 Å². The molecule has 1 N–H and O–H groups in total. The van der Waals surface area contributed by atoms with Crippen LogP contribution in [0.2, 0.25) is 15.1 Å². The largest absolute Gasteiger partial charge is 0.478 e. The number of halogens is 3. The molecule has 1 saturated carbocycles. The van der Waals surface area contributed by atoms with Crippen molar-refractivity contribution in [3.63, 3.8) is 0 Å². The highest BCUT2D eigenvalue weighted by Crippen LogP contribution is 2.74. The number of nitrogens with zero attached hydrogens (tertiary/aromatic N) is 1. The summed E-state index contributed by atoms with van der Waals surface area (Å²) in [7, 11) is 0. The average molecular weight is 705 g/mol. The van der Waals surface area contributed by atoms with Crippen LogP contribution in [0, 0.1) is 11.8 Å². The number of allylic oxidation sites excluding steroid dienone is 2. The lowest BCUT2D eigenvalue weighted by atomic mass is 9.59. The summed E-state index contributed by atoms with van der Waals surface area (Å²) >= 11 is 19.0. The van der Waals surface area contributed by atoms with E-state index in [-0.39, 0.29) is 22.1 Å². The summed E-state index contributed by atoms with van der Waals surface area (Å²) < 4.78 is 0. The first-order valence-corrected chi connectivity index (χ1v) is 16.6. The zero-order chi connectivity index (χ0) is 34.2. The lowest BCUT2D eigenvalue weighted by Gasteiger charge is -2.39. The predicted octanol–water partition coefficient (Wildman–Crippen LogP) is 8.53. The van der Waals surface area contributed by atoms with Crippen molar-refractivity contribution in [2.24, 2.45) is 11.8 Å². The van der Waals surface area contributed by atoms with E-state index in [0.717, 1.165) is 16.0 Å². The number of carbonyl (C=O) groups is 4. The third-order valence-electron chi connectivity index (χ3n) is 10.2. The maximum absolute atomic E-state index is 16.0. The summed E-state index contributed by atoms with van der Waals surface area (Å²) in [4.78, 5) is 59.3. The van der Waals surface area contributed by atoms with E-state index in [1.165, 1.54) is 18.2 Å². The fourth-order valence-electron chi connectivity index (χ4n) is 8.43. The molecule has 2 aliphatic carbocycles. The Morgan fingerprint density at radius 2 is 1.02 bits per heavy atom. The summed E-state index contributed by atoms with van der Waals surface area (Å²) in [6, 6.07) is 36.6. The molecule has 4 atom stereocenters. The van der Waals surface area contributed by atoms with E-state index in [1.54, 1.807) is 48.5 Å². The van der Waals surface area contributed by atoms with Gasteiger partial charge in [-0.25, -0.2) is 9.69 Å². The van der Waals surface area contributed by atoms with Gasteiger partial charge in [-0.05, 0) is 75.9 Å². The van der Waals surface area contributed by atoms with Gasteiger partial charge in [-0.15, -0.1) is 0 Å². The van der Waals surface area contributed by atoms with Crippen LogP contribution in [0.25, 0.3) is 11.1 Å². The molecule has 5 aromatic carbocycles. The smallest absolute Gasteiger partial charge is 0.337 e. The number of aromatic carboxylic acids is 1. The molecule has 49 heavy (non-hydrogen) atoms. The van der Waals surface area contributed by atoms with Crippen molar-refractivity contribution in [2.75, 3.05) is 4.90 Å². The first-order chi connectivity index (χ1) is 23.6. The van der Waals surface area contributed by atoms with E-state index in [0.29, 0.717) is 32.3 Å². The molecular formula is C40H24Cl3NO5. The molecule has 2 amide bonds. The minimum Gasteiger partial charge on any atom is -0.478 e. The molecule has 240 valence electrons. The number of Topliss-reactive ketones (excluding diaryl/α,β-unsaturated/α-hetero) is 1. The van der Waals surface area contributed by atoms with Crippen molar-refractivity contribution in [1.82, 2.24) is 0 Å². The van der Waals surface area contributed by atoms with E-state index in [2.05, 4.69) is 0 Å². The van der Waals surface area contributed by atoms with E-state index >= 15 is 14.4 Å². The Hall–Kier alpha value is -5.01. The van der Waals surface area contributed by atoms with E-state index in [9.17, 15) is 9.90 Å². The lowest BCUT2D eigenvalue weighted by Crippen LogP contribution is -2.45. The number of carboxylic acids is 1. The maximum atomic E-state index is 16.0. The van der Waals surface area contributed by atoms with Gasteiger partial charge >= 0.3 is 5.97 Å². The van der Waals surface area contributed by atoms with Gasteiger partial charge in [0, 0.05) is 10.0 Å². The highest BCUT2D eigenvalue weighted by Gasteiger charge is 2.82. The van der Waals surface area contributed by atoms with Gasteiger partial charge in [0.2, 0.25) is 11.8 Å². The van der Waals surface area contributed by atoms with Gasteiger partial charge in [0.05, 0.1) is 38.9 Å². The predicted molar refractivity (Wildman–Crippen MR) is 189 cm³/mol. The number of amides is 2. The summed E-state index contributed by atoms with van der Waals surface area (Å²) in [5, 5.41) is 10.7. The zero-order valence-corrected chi connectivity index (χ0v) is 27.7. The highest BCUT2D eigenvalue weighted by atomic mass is 35.5. The molecule has 2 bridgehead atoms. The molecule has 8 rings (SSSR count). The third kappa shape index (κ3) is 4.15. The van der Waals surface area contributed by atoms with Crippen LogP contribution in [0.5, 0.6) is 0 Å². The van der Waals surface area contributed by atoms with Crippen LogP contribution in [0.4, 0.5) is 5.69 Å². The number of anilines is 1. The maximum Gasteiger partial charge on any atom is 0.337 e. The van der Waals surface area contributed by atoms with Crippen LogP contribution < -0.4 is 4.90 Å². The van der Waals surface area contributed by atoms with Crippen LogP contribution >= 0.6 is 34.8 Å². The molecule has 1 heterocycles. The van der Waals surface area contributed by atoms with Crippen molar-refractivity contribution in [2.45, 2.75) is 10.8 Å². The fourth-order valence-corrected chi connectivity index (χ4v) is 8.88. The number of benzene rings is 5. The molecule has 1 aliphatic heterocycles. The minimum atomic E-state index is -1.65. The van der Waals surface area contributed by atoms with Gasteiger partial charge in [-0.3, -0.25) is 14.4 Å². The number of fused-ring (bicyclic) bond motifs is 5. The quantitative estimate of drug-likeness (QED) is 0.179. The van der Waals surface area contributed by atoms with Crippen molar-refractivity contribution >= 4 is 75.2 Å². The van der Waals surface area contributed by atoms with Crippen LogP contribution in [-0.4, -0.2) is 28.7 Å². The first kappa shape index (κ1) is 31.3. The Balaban J connectivity index is 1.53. The third-order valence-corrected chi connectivity index (χ3v) is 11.0. The van der Waals surface area contributed by atoms with Gasteiger partial charge in [-0.2, -0.15) is 0 Å². The Kier molecular flexibility index (Phi) is 7.20. The van der Waals surface area contributed by atoms with Crippen molar-refractivity contribution in [3.05, 3.63) is 170 Å². The Morgan fingerprint density at radius 1 is 0.592 bits per heavy atom. The Labute approximate surface area is 296 Å². The number of imide groups is 1. The topological polar surface area (TPSA) is 91.8 Å². The van der Waals surface area contributed by atoms with Gasteiger partial charge in [0.1, 0.15) is 0 Å². The monoisotopic (exact) mass is 703 g/mol. The second-order valence-corrected chi connectivity index (χ2v) is 13.7. The number of rotatable bonds is 6. The molecule has 3 aliphatic rings. The van der Waals surface area contributed by atoms with Crippen LogP contribution in [0.3, 0.4) is 0 Å². The normalized spacial score (nSPS) is 24.1. The molecule has 0 spiro atoms. The molecule has 4 unspecified atom stereocenters. The van der Waals surface area contributed by atoms with Gasteiger partial charge < -0.3 is 5.11 Å². The number of ketones is 1. The van der Waals surface area contributed by atoms with Gasteiger partial charge in [-0.1, -0.05) is 120 Å². The first-order valence-electron chi connectivity index (χ1n) is 15.5. The average Bonchev–Trinajstić information content (AvgIpc) is 3.62. The molecule has 0 aromatic heterocycles. The summed E-state index contributed by atoms with van der Waals surface area (Å²) in [6.07, 6.45) is 0. The SMILES string of the molecule is O=C(O)c1cc(N2C(=O)C3C(C2=O)C2(c4ccc(Cl)cc4)C(=O)C3(c3ccc(Cl)cc3)C(c3ccccc3)=C2c2ccccc2)ccc1Cl. The lowest BCUT2D eigenvalue weighted by molar-refractivity contribution is -0.130. The van der Waals surface area contributed by atoms with E-state index in [4.69, 9.17) is 34.8 Å². The standard InChI is InChI=1S/C40H24Cl3NO5/c41-26-15-11-24(12-16-26)39-31(22-7-3-1-4-8-22)32(23-9-5-2-6-10-23)40(38(39)49,25-13-17-27(42)18-14-25)34-33(39)35(45)44(36(34)46)28-19-20-30(43)29(21-28)37(47)48/h1-21,33-34H,(H,47,48). The van der Waals surface area contributed by atoms with Gasteiger partial charge in [0.25, 0.3) is 0 Å². The molecule has 2 fully saturated rings. The summed E-state index contributed by atoms with van der Waals surface area (Å²) in [5.74, 6) is -5.24. The highest BCUT2D eigenvalue weighted by molar-refractivity contribution is 6.39. The summed E-state index contributed by atoms with van der Waals surface area (Å²) in [6.45, 7) is 0. The second-order valence-electron chi connectivity index (χ2n) is 12.4. The summed E-state index contributed by atoms with van der Waals surface area (Å²) in [5.41, 5.74) is 0.208.